The van der Waals surface area contributed by atoms with E-state index >= 15 is 0 Å². The van der Waals surface area contributed by atoms with Gasteiger partial charge in [0, 0.05) is 24.5 Å². The van der Waals surface area contributed by atoms with Crippen LogP contribution < -0.4 is 15.4 Å². The van der Waals surface area contributed by atoms with E-state index in [-0.39, 0.29) is 0 Å². The van der Waals surface area contributed by atoms with Gasteiger partial charge in [-0.1, -0.05) is 35.3 Å². The lowest BCUT2D eigenvalue weighted by molar-refractivity contribution is 0.607. The van der Waals surface area contributed by atoms with Crippen molar-refractivity contribution in [2.75, 3.05) is 35.9 Å². The normalized spacial score (nSPS) is 11.3. The van der Waals surface area contributed by atoms with Gasteiger partial charge in [-0.15, -0.1) is 0 Å². The van der Waals surface area contributed by atoms with Crippen molar-refractivity contribution >= 4 is 44.6 Å². The predicted octanol–water partition coefficient (Wildman–Crippen LogP) is 4.00. The summed E-state index contributed by atoms with van der Waals surface area (Å²) in [5.41, 5.74) is 2.71. The van der Waals surface area contributed by atoms with Crippen molar-refractivity contribution in [3.05, 3.63) is 58.1 Å². The summed E-state index contributed by atoms with van der Waals surface area (Å²) in [5, 5.41) is 7.76. The zero-order valence-corrected chi connectivity index (χ0v) is 16.9. The molecule has 0 bridgehead atoms. The Kier molecular flexibility index (Phi) is 8.03. The van der Waals surface area contributed by atoms with Gasteiger partial charge in [0.15, 0.2) is 0 Å². The summed E-state index contributed by atoms with van der Waals surface area (Å²) < 4.78 is 24.8. The number of halogens is 2. The van der Waals surface area contributed by atoms with Crippen LogP contribution in [0.5, 0.6) is 0 Å². The van der Waals surface area contributed by atoms with Crippen LogP contribution in [-0.4, -0.2) is 34.3 Å². The molecule has 8 heteroatoms. The van der Waals surface area contributed by atoms with Crippen LogP contribution in [0.1, 0.15) is 12.0 Å². The number of anilines is 2. The molecular formula is C18H23Cl2N3O2S. The first kappa shape index (κ1) is 20.8. The second-order valence-electron chi connectivity index (χ2n) is 5.98. The molecule has 2 rings (SSSR count). The molecule has 142 valence electrons. The van der Waals surface area contributed by atoms with E-state index in [1.807, 2.05) is 24.3 Å². The minimum atomic E-state index is -3.22. The average molecular weight is 416 g/mol. The van der Waals surface area contributed by atoms with E-state index in [4.69, 9.17) is 23.2 Å². The SMILES string of the molecule is CS(=O)(=O)Nc1ccc(CCCNCCNc2ccc(Cl)c(Cl)c2)cc1. The molecule has 0 heterocycles. The topological polar surface area (TPSA) is 70.2 Å². The maximum absolute atomic E-state index is 11.2. The highest BCUT2D eigenvalue weighted by molar-refractivity contribution is 7.92. The number of benzene rings is 2. The molecule has 0 fully saturated rings. The molecule has 3 N–H and O–H groups in total. The van der Waals surface area contributed by atoms with Crippen LogP contribution in [0.2, 0.25) is 10.0 Å². The van der Waals surface area contributed by atoms with E-state index in [2.05, 4.69) is 15.4 Å². The zero-order valence-electron chi connectivity index (χ0n) is 14.6. The van der Waals surface area contributed by atoms with E-state index in [1.165, 1.54) is 5.56 Å². The van der Waals surface area contributed by atoms with Crippen LogP contribution >= 0.6 is 23.2 Å². The number of sulfonamides is 1. The molecule has 5 nitrogen and oxygen atoms in total. The van der Waals surface area contributed by atoms with Gasteiger partial charge in [0.2, 0.25) is 10.0 Å². The van der Waals surface area contributed by atoms with Crippen LogP contribution in [0.25, 0.3) is 0 Å². The molecule has 0 aliphatic heterocycles. The summed E-state index contributed by atoms with van der Waals surface area (Å²) in [5.74, 6) is 0. The predicted molar refractivity (Wildman–Crippen MR) is 111 cm³/mol. The molecule has 0 aliphatic rings. The van der Waals surface area contributed by atoms with Crippen molar-refractivity contribution in [2.45, 2.75) is 12.8 Å². The highest BCUT2D eigenvalue weighted by Crippen LogP contribution is 2.24. The molecule has 0 aliphatic carbocycles. The quantitative estimate of drug-likeness (QED) is 0.512. The minimum absolute atomic E-state index is 0.544. The Morgan fingerprint density at radius 1 is 0.885 bits per heavy atom. The molecule has 26 heavy (non-hydrogen) atoms. The van der Waals surface area contributed by atoms with Crippen LogP contribution in [0.3, 0.4) is 0 Å². The molecule has 0 aromatic heterocycles. The summed E-state index contributed by atoms with van der Waals surface area (Å²) in [6.45, 7) is 2.55. The first-order valence-electron chi connectivity index (χ1n) is 8.30. The number of aryl methyl sites for hydroxylation is 1. The Morgan fingerprint density at radius 3 is 2.23 bits per heavy atom. The highest BCUT2D eigenvalue weighted by Gasteiger charge is 2.02. The van der Waals surface area contributed by atoms with Crippen LogP contribution in [0.15, 0.2) is 42.5 Å². The number of hydrogen-bond acceptors (Lipinski definition) is 4. The first-order chi connectivity index (χ1) is 12.3. The minimum Gasteiger partial charge on any atom is -0.384 e. The van der Waals surface area contributed by atoms with Gasteiger partial charge in [0.25, 0.3) is 0 Å². The maximum atomic E-state index is 11.2. The smallest absolute Gasteiger partial charge is 0.229 e. The van der Waals surface area contributed by atoms with Gasteiger partial charge < -0.3 is 10.6 Å². The fourth-order valence-electron chi connectivity index (χ4n) is 2.40. The fourth-order valence-corrected chi connectivity index (χ4v) is 3.26. The number of hydrogen-bond donors (Lipinski definition) is 3. The van der Waals surface area contributed by atoms with Crippen molar-refractivity contribution in [1.29, 1.82) is 0 Å². The van der Waals surface area contributed by atoms with E-state index in [1.54, 1.807) is 18.2 Å². The van der Waals surface area contributed by atoms with Crippen molar-refractivity contribution in [3.63, 3.8) is 0 Å². The third kappa shape index (κ3) is 7.83. The molecule has 0 saturated carbocycles. The molecule has 0 radical (unpaired) electrons. The standard InChI is InChI=1S/C18H23Cl2N3O2S/c1-26(24,25)23-15-6-4-14(5-7-15)3-2-10-21-11-12-22-16-8-9-17(19)18(20)13-16/h4-9,13,21-23H,2-3,10-12H2,1H3. The molecule has 0 saturated heterocycles. The molecule has 0 spiro atoms. The Morgan fingerprint density at radius 2 is 1.58 bits per heavy atom. The van der Waals surface area contributed by atoms with Gasteiger partial charge in [0.1, 0.15) is 0 Å². The van der Waals surface area contributed by atoms with E-state index in [0.29, 0.717) is 15.7 Å². The first-order valence-corrected chi connectivity index (χ1v) is 10.9. The van der Waals surface area contributed by atoms with E-state index in [0.717, 1.165) is 44.4 Å². The summed E-state index contributed by atoms with van der Waals surface area (Å²) in [4.78, 5) is 0. The van der Waals surface area contributed by atoms with Crippen molar-refractivity contribution in [3.8, 4) is 0 Å². The monoisotopic (exact) mass is 415 g/mol. The van der Waals surface area contributed by atoms with Crippen molar-refractivity contribution in [1.82, 2.24) is 5.32 Å². The number of rotatable bonds is 10. The molecule has 0 atom stereocenters. The third-order valence-electron chi connectivity index (χ3n) is 3.63. The van der Waals surface area contributed by atoms with E-state index < -0.39 is 10.0 Å². The molecule has 0 amide bonds. The Hall–Kier alpha value is -1.47. The Bertz CT molecular complexity index is 812. The van der Waals surface area contributed by atoms with Gasteiger partial charge in [-0.05, 0) is 55.3 Å². The van der Waals surface area contributed by atoms with Crippen LogP contribution in [0, 0.1) is 0 Å². The molecule has 2 aromatic rings. The maximum Gasteiger partial charge on any atom is 0.229 e. The highest BCUT2D eigenvalue weighted by atomic mass is 35.5. The summed E-state index contributed by atoms with van der Waals surface area (Å²) in [6.07, 6.45) is 3.08. The van der Waals surface area contributed by atoms with E-state index in [9.17, 15) is 8.42 Å². The summed E-state index contributed by atoms with van der Waals surface area (Å²) >= 11 is 11.9. The second kappa shape index (κ2) is 10.0. The number of nitrogens with one attached hydrogen (secondary N) is 3. The zero-order chi connectivity index (χ0) is 19.0. The van der Waals surface area contributed by atoms with Crippen molar-refractivity contribution < 1.29 is 8.42 Å². The van der Waals surface area contributed by atoms with Gasteiger partial charge in [-0.3, -0.25) is 4.72 Å². The lowest BCUT2D eigenvalue weighted by atomic mass is 10.1. The van der Waals surface area contributed by atoms with Gasteiger partial charge in [-0.25, -0.2) is 8.42 Å². The van der Waals surface area contributed by atoms with Crippen LogP contribution in [0.4, 0.5) is 11.4 Å². The molecule has 0 unspecified atom stereocenters. The summed E-state index contributed by atoms with van der Waals surface area (Å²) in [6, 6.07) is 12.9. The second-order valence-corrected chi connectivity index (χ2v) is 8.54. The Labute approximate surface area is 165 Å². The lowest BCUT2D eigenvalue weighted by Crippen LogP contribution is -2.23. The largest absolute Gasteiger partial charge is 0.384 e. The fraction of sp³-hybridized carbons (Fsp3) is 0.333. The van der Waals surface area contributed by atoms with Crippen LogP contribution in [-0.2, 0) is 16.4 Å². The molecule has 2 aromatic carbocycles. The lowest BCUT2D eigenvalue weighted by Gasteiger charge is -2.09. The third-order valence-corrected chi connectivity index (χ3v) is 4.97. The molecular weight excluding hydrogens is 393 g/mol. The summed E-state index contributed by atoms with van der Waals surface area (Å²) in [7, 11) is -3.22. The van der Waals surface area contributed by atoms with Gasteiger partial charge >= 0.3 is 0 Å². The Balaban J connectivity index is 1.59. The average Bonchev–Trinajstić information content (AvgIpc) is 2.57. The van der Waals surface area contributed by atoms with Gasteiger partial charge in [-0.2, -0.15) is 0 Å². The van der Waals surface area contributed by atoms with Gasteiger partial charge in [0.05, 0.1) is 16.3 Å². The van der Waals surface area contributed by atoms with Crippen molar-refractivity contribution in [2.24, 2.45) is 0 Å².